The van der Waals surface area contributed by atoms with E-state index in [1.807, 2.05) is 24.3 Å². The maximum Gasteiger partial charge on any atom is 0.0897 e. The Morgan fingerprint density at radius 3 is 2.72 bits per heavy atom. The molecule has 4 nitrogen and oxygen atoms in total. The molecule has 2 N–H and O–H groups in total. The molecular weight excluding hydrogens is 298 g/mol. The maximum absolute atomic E-state index is 9.63. The minimum Gasteiger partial charge on any atom is -0.389 e. The smallest absolute Gasteiger partial charge is 0.0897 e. The fraction of sp³-hybridized carbons (Fsp3) is 0.538. The number of hydrogen-bond acceptors (Lipinski definition) is 4. The third kappa shape index (κ3) is 7.08. The maximum atomic E-state index is 9.63. The van der Waals surface area contributed by atoms with Gasteiger partial charge in [0.1, 0.15) is 0 Å². The lowest BCUT2D eigenvalue weighted by Crippen LogP contribution is -2.32. The monoisotopic (exact) mass is 317 g/mol. The van der Waals surface area contributed by atoms with Gasteiger partial charge < -0.3 is 19.9 Å². The molecule has 0 amide bonds. The van der Waals surface area contributed by atoms with Gasteiger partial charge in [0.25, 0.3) is 0 Å². The molecule has 1 aromatic carbocycles. The summed E-state index contributed by atoms with van der Waals surface area (Å²) in [4.78, 5) is 0. The largest absolute Gasteiger partial charge is 0.389 e. The van der Waals surface area contributed by atoms with Gasteiger partial charge in [-0.05, 0) is 17.7 Å². The number of benzene rings is 1. The number of nitrogens with one attached hydrogen (secondary N) is 1. The number of hydrogen-bond donors (Lipinski definition) is 2. The van der Waals surface area contributed by atoms with Gasteiger partial charge in [0.15, 0.2) is 0 Å². The fourth-order valence-electron chi connectivity index (χ4n) is 1.40. The lowest BCUT2D eigenvalue weighted by atomic mass is 10.2. The second-order valence-corrected chi connectivity index (χ2v) is 4.91. The van der Waals surface area contributed by atoms with E-state index in [9.17, 15) is 5.11 Å². The molecule has 0 spiro atoms. The van der Waals surface area contributed by atoms with Gasteiger partial charge in [0.2, 0.25) is 0 Å². The number of halogens is 1. The summed E-state index contributed by atoms with van der Waals surface area (Å²) in [5.41, 5.74) is 1.10. The molecule has 0 aliphatic carbocycles. The first-order chi connectivity index (χ1) is 8.72. The second-order valence-electron chi connectivity index (χ2n) is 3.99. The summed E-state index contributed by atoms with van der Waals surface area (Å²) in [6.07, 6.45) is -0.489. The van der Waals surface area contributed by atoms with Crippen molar-refractivity contribution in [1.29, 1.82) is 0 Å². The zero-order valence-corrected chi connectivity index (χ0v) is 12.1. The van der Waals surface area contributed by atoms with Crippen molar-refractivity contribution in [2.45, 2.75) is 12.7 Å². The topological polar surface area (TPSA) is 50.7 Å². The Kier molecular flexibility index (Phi) is 8.20. The van der Waals surface area contributed by atoms with Crippen molar-refractivity contribution in [2.24, 2.45) is 0 Å². The molecule has 1 atom stereocenters. The van der Waals surface area contributed by atoms with Crippen LogP contribution in [0.2, 0.25) is 0 Å². The number of aliphatic hydroxyl groups is 1. The van der Waals surface area contributed by atoms with Crippen molar-refractivity contribution in [3.63, 3.8) is 0 Å². The Hall–Kier alpha value is -0.460. The summed E-state index contributed by atoms with van der Waals surface area (Å²) in [7, 11) is 1.65. The van der Waals surface area contributed by atoms with E-state index >= 15 is 0 Å². The molecule has 1 aromatic rings. The van der Waals surface area contributed by atoms with Gasteiger partial charge >= 0.3 is 0 Å². The predicted molar refractivity (Wildman–Crippen MR) is 74.6 cm³/mol. The SMILES string of the molecule is COCCNCC(O)COCc1ccc(Br)cc1. The Bertz CT molecular complexity index is 319. The zero-order valence-electron chi connectivity index (χ0n) is 10.6. The third-order valence-corrected chi connectivity index (χ3v) is 2.88. The molecule has 1 unspecified atom stereocenters. The van der Waals surface area contributed by atoms with Crippen LogP contribution in [-0.4, -0.2) is 44.6 Å². The molecule has 102 valence electrons. The van der Waals surface area contributed by atoms with Crippen LogP contribution in [0, 0.1) is 0 Å². The highest BCUT2D eigenvalue weighted by Crippen LogP contribution is 2.11. The number of methoxy groups -OCH3 is 1. The van der Waals surface area contributed by atoms with Crippen molar-refractivity contribution in [2.75, 3.05) is 33.4 Å². The number of aliphatic hydroxyl groups excluding tert-OH is 1. The van der Waals surface area contributed by atoms with Crippen LogP contribution < -0.4 is 5.32 Å². The second kappa shape index (κ2) is 9.47. The van der Waals surface area contributed by atoms with Gasteiger partial charge in [-0.2, -0.15) is 0 Å². The summed E-state index contributed by atoms with van der Waals surface area (Å²) in [5.74, 6) is 0. The zero-order chi connectivity index (χ0) is 13.2. The first-order valence-electron chi connectivity index (χ1n) is 5.92. The average Bonchev–Trinajstić information content (AvgIpc) is 2.37. The van der Waals surface area contributed by atoms with Crippen molar-refractivity contribution in [3.8, 4) is 0 Å². The number of ether oxygens (including phenoxy) is 2. The van der Waals surface area contributed by atoms with Gasteiger partial charge in [-0.15, -0.1) is 0 Å². The average molecular weight is 318 g/mol. The quantitative estimate of drug-likeness (QED) is 0.679. The van der Waals surface area contributed by atoms with E-state index in [4.69, 9.17) is 9.47 Å². The van der Waals surface area contributed by atoms with Crippen LogP contribution in [0.15, 0.2) is 28.7 Å². The molecule has 0 fully saturated rings. The molecule has 0 aliphatic rings. The van der Waals surface area contributed by atoms with E-state index in [1.54, 1.807) is 7.11 Å². The van der Waals surface area contributed by atoms with E-state index in [0.717, 1.165) is 16.6 Å². The van der Waals surface area contributed by atoms with Crippen LogP contribution in [-0.2, 0) is 16.1 Å². The normalized spacial score (nSPS) is 12.6. The predicted octanol–water partition coefficient (Wildman–Crippen LogP) is 1.56. The van der Waals surface area contributed by atoms with Crippen LogP contribution in [0.25, 0.3) is 0 Å². The van der Waals surface area contributed by atoms with E-state index in [1.165, 1.54) is 0 Å². The minimum absolute atomic E-state index is 0.329. The molecular formula is C13H20BrNO3. The van der Waals surface area contributed by atoms with Crippen LogP contribution in [0.1, 0.15) is 5.56 Å². The lowest BCUT2D eigenvalue weighted by molar-refractivity contribution is 0.0282. The van der Waals surface area contributed by atoms with Crippen LogP contribution >= 0.6 is 15.9 Å². The fourth-order valence-corrected chi connectivity index (χ4v) is 1.66. The molecule has 0 aliphatic heterocycles. The summed E-state index contributed by atoms with van der Waals surface area (Å²) < 4.78 is 11.4. The molecule has 0 radical (unpaired) electrons. The van der Waals surface area contributed by atoms with Crippen molar-refractivity contribution < 1.29 is 14.6 Å². The van der Waals surface area contributed by atoms with Crippen molar-refractivity contribution in [1.82, 2.24) is 5.32 Å². The van der Waals surface area contributed by atoms with Crippen LogP contribution in [0.3, 0.4) is 0 Å². The molecule has 0 saturated carbocycles. The first kappa shape index (κ1) is 15.6. The Morgan fingerprint density at radius 1 is 1.33 bits per heavy atom. The van der Waals surface area contributed by atoms with Crippen LogP contribution in [0.5, 0.6) is 0 Å². The summed E-state index contributed by atoms with van der Waals surface area (Å²) in [6, 6.07) is 7.93. The standard InChI is InChI=1S/C13H20BrNO3/c1-17-7-6-15-8-13(16)10-18-9-11-2-4-12(14)5-3-11/h2-5,13,15-16H,6-10H2,1H3. The summed E-state index contributed by atoms with van der Waals surface area (Å²) >= 11 is 3.38. The Labute approximate surface area is 116 Å². The molecule has 5 heteroatoms. The van der Waals surface area contributed by atoms with E-state index < -0.39 is 6.10 Å². The Morgan fingerprint density at radius 2 is 2.06 bits per heavy atom. The van der Waals surface area contributed by atoms with Gasteiger partial charge in [0.05, 0.1) is 25.9 Å². The van der Waals surface area contributed by atoms with E-state index in [0.29, 0.717) is 26.4 Å². The van der Waals surface area contributed by atoms with Crippen LogP contribution in [0.4, 0.5) is 0 Å². The lowest BCUT2D eigenvalue weighted by Gasteiger charge is -2.12. The molecule has 18 heavy (non-hydrogen) atoms. The van der Waals surface area contributed by atoms with Gasteiger partial charge in [-0.25, -0.2) is 0 Å². The molecule has 1 rings (SSSR count). The molecule has 0 heterocycles. The van der Waals surface area contributed by atoms with Crippen molar-refractivity contribution in [3.05, 3.63) is 34.3 Å². The minimum atomic E-state index is -0.489. The first-order valence-corrected chi connectivity index (χ1v) is 6.71. The molecule has 0 saturated heterocycles. The summed E-state index contributed by atoms with van der Waals surface area (Å²) in [5, 5.41) is 12.7. The third-order valence-electron chi connectivity index (χ3n) is 2.36. The van der Waals surface area contributed by atoms with E-state index in [2.05, 4.69) is 21.2 Å². The highest BCUT2D eigenvalue weighted by atomic mass is 79.9. The van der Waals surface area contributed by atoms with Crippen molar-refractivity contribution >= 4 is 15.9 Å². The number of rotatable bonds is 9. The highest BCUT2D eigenvalue weighted by Gasteiger charge is 2.03. The molecule has 0 bridgehead atoms. The van der Waals surface area contributed by atoms with Gasteiger partial charge in [0, 0.05) is 24.7 Å². The summed E-state index contributed by atoms with van der Waals surface area (Å²) in [6.45, 7) is 2.74. The highest BCUT2D eigenvalue weighted by molar-refractivity contribution is 9.10. The van der Waals surface area contributed by atoms with E-state index in [-0.39, 0.29) is 0 Å². The van der Waals surface area contributed by atoms with Gasteiger partial charge in [-0.3, -0.25) is 0 Å². The Balaban J connectivity index is 2.07. The van der Waals surface area contributed by atoms with Gasteiger partial charge in [-0.1, -0.05) is 28.1 Å². The molecule has 0 aromatic heterocycles.